The molecule has 0 spiro atoms. The molecule has 1 aliphatic rings. The molecular weight excluding hydrogens is 316 g/mol. The molecule has 124 valence electrons. The Balaban J connectivity index is 1.70. The summed E-state index contributed by atoms with van der Waals surface area (Å²) in [5.41, 5.74) is 1.37. The molecule has 24 heavy (non-hydrogen) atoms. The molecule has 2 heterocycles. The maximum absolute atomic E-state index is 12.9. The van der Waals surface area contributed by atoms with E-state index in [2.05, 4.69) is 29.2 Å². The van der Waals surface area contributed by atoms with Gasteiger partial charge in [-0.15, -0.1) is 0 Å². The summed E-state index contributed by atoms with van der Waals surface area (Å²) in [6.45, 7) is 3.45. The van der Waals surface area contributed by atoms with Gasteiger partial charge < -0.3 is 4.90 Å². The van der Waals surface area contributed by atoms with Gasteiger partial charge in [0, 0.05) is 6.54 Å². The fourth-order valence-electron chi connectivity index (χ4n) is 3.60. The number of fused-ring (bicyclic) bond motifs is 1. The van der Waals surface area contributed by atoms with Gasteiger partial charge in [-0.2, -0.15) is 0 Å². The Hall–Kier alpha value is -1.91. The molecule has 0 radical (unpaired) electrons. The molecule has 0 saturated carbocycles. The molecule has 1 aliphatic heterocycles. The summed E-state index contributed by atoms with van der Waals surface area (Å²) in [5, 5.41) is 0.838. The molecule has 2 aromatic carbocycles. The minimum atomic E-state index is 0.122. The lowest BCUT2D eigenvalue weighted by Crippen LogP contribution is -2.26. The molecule has 1 unspecified atom stereocenters. The monoisotopic (exact) mass is 338 g/mol. The normalized spacial score (nSPS) is 16.7. The number of hydrogen-bond acceptors (Lipinski definition) is 3. The third kappa shape index (κ3) is 3.04. The van der Waals surface area contributed by atoms with Gasteiger partial charge in [-0.25, -0.2) is 0 Å². The molecular formula is C20H22N2OS. The minimum Gasteiger partial charge on any atom is -0.303 e. The first-order chi connectivity index (χ1) is 11.8. The minimum absolute atomic E-state index is 0.122. The van der Waals surface area contributed by atoms with Crippen molar-refractivity contribution in [2.75, 3.05) is 19.6 Å². The van der Waals surface area contributed by atoms with Crippen LogP contribution in [0.3, 0.4) is 0 Å². The van der Waals surface area contributed by atoms with E-state index in [0.29, 0.717) is 0 Å². The summed E-state index contributed by atoms with van der Waals surface area (Å²) in [7, 11) is 0. The Bertz CT molecular complexity index is 862. The maximum Gasteiger partial charge on any atom is 0.269 e. The first kappa shape index (κ1) is 15.6. The van der Waals surface area contributed by atoms with Crippen molar-refractivity contribution in [1.82, 2.24) is 8.86 Å². The van der Waals surface area contributed by atoms with Gasteiger partial charge in [0.1, 0.15) is 0 Å². The number of nitrogens with zero attached hydrogens (tertiary/aromatic N) is 2. The molecule has 4 rings (SSSR count). The Morgan fingerprint density at radius 3 is 2.42 bits per heavy atom. The van der Waals surface area contributed by atoms with Crippen LogP contribution < -0.4 is 5.56 Å². The molecule has 0 aliphatic carbocycles. The molecule has 1 atom stereocenters. The molecule has 0 N–H and O–H groups in total. The van der Waals surface area contributed by atoms with E-state index < -0.39 is 0 Å². The molecule has 3 nitrogen and oxygen atoms in total. The summed E-state index contributed by atoms with van der Waals surface area (Å²) in [5.74, 6) is 0. The van der Waals surface area contributed by atoms with Gasteiger partial charge in [-0.1, -0.05) is 54.0 Å². The van der Waals surface area contributed by atoms with Crippen LogP contribution in [0.15, 0.2) is 59.4 Å². The number of hydrogen-bond donors (Lipinski definition) is 0. The lowest BCUT2D eigenvalue weighted by molar-refractivity contribution is 0.315. The van der Waals surface area contributed by atoms with Crippen molar-refractivity contribution in [3.63, 3.8) is 0 Å². The van der Waals surface area contributed by atoms with E-state index in [1.807, 2.05) is 34.3 Å². The van der Waals surface area contributed by atoms with Crippen LogP contribution in [0.25, 0.3) is 10.1 Å². The second-order valence-electron chi connectivity index (χ2n) is 6.48. The smallest absolute Gasteiger partial charge is 0.269 e. The average Bonchev–Trinajstić information content (AvgIpc) is 3.25. The summed E-state index contributed by atoms with van der Waals surface area (Å²) in [4.78, 5) is 15.4. The van der Waals surface area contributed by atoms with Crippen molar-refractivity contribution in [3.05, 3.63) is 70.5 Å². The van der Waals surface area contributed by atoms with Gasteiger partial charge in [-0.05, 0) is 50.0 Å². The highest BCUT2D eigenvalue weighted by Crippen LogP contribution is 2.27. The number of rotatable bonds is 5. The number of likely N-dealkylation sites (tertiary alicyclic amines) is 1. The van der Waals surface area contributed by atoms with Crippen LogP contribution in [0.4, 0.5) is 0 Å². The molecule has 1 aromatic heterocycles. The topological polar surface area (TPSA) is 25.2 Å². The van der Waals surface area contributed by atoms with Crippen molar-refractivity contribution in [3.8, 4) is 0 Å². The van der Waals surface area contributed by atoms with Gasteiger partial charge in [0.05, 0.1) is 16.1 Å². The third-order valence-corrected chi connectivity index (χ3v) is 6.07. The molecule has 1 fully saturated rings. The Morgan fingerprint density at radius 2 is 1.67 bits per heavy atom. The summed E-state index contributed by atoms with van der Waals surface area (Å²) < 4.78 is 3.06. The largest absolute Gasteiger partial charge is 0.303 e. The predicted octanol–water partition coefficient (Wildman–Crippen LogP) is 4.14. The van der Waals surface area contributed by atoms with Crippen molar-refractivity contribution in [2.24, 2.45) is 0 Å². The molecule has 1 saturated heterocycles. The van der Waals surface area contributed by atoms with E-state index >= 15 is 0 Å². The van der Waals surface area contributed by atoms with Crippen molar-refractivity contribution < 1.29 is 0 Å². The zero-order chi connectivity index (χ0) is 16.4. The van der Waals surface area contributed by atoms with E-state index in [4.69, 9.17) is 0 Å². The fourth-order valence-corrected chi connectivity index (χ4v) is 4.74. The predicted molar refractivity (Wildman–Crippen MR) is 101 cm³/mol. The lowest BCUT2D eigenvalue weighted by atomic mass is 10.0. The van der Waals surface area contributed by atoms with Crippen LogP contribution in [0.1, 0.15) is 30.9 Å². The van der Waals surface area contributed by atoms with Gasteiger partial charge in [-0.3, -0.25) is 8.75 Å². The van der Waals surface area contributed by atoms with Gasteiger partial charge in [0.25, 0.3) is 5.56 Å². The average molecular weight is 338 g/mol. The Labute approximate surface area is 146 Å². The van der Waals surface area contributed by atoms with E-state index in [0.717, 1.165) is 23.1 Å². The summed E-state index contributed by atoms with van der Waals surface area (Å²) in [6.07, 6.45) is 3.59. The standard InChI is InChI=1S/C20H22N2OS/c23-20-17-10-4-5-11-19(17)24-22(20)18(16-8-2-1-3-9-16)12-15-21-13-6-7-14-21/h1-5,8-11,18H,6-7,12-15H2. The summed E-state index contributed by atoms with van der Waals surface area (Å²) in [6, 6.07) is 18.5. The Morgan fingerprint density at radius 1 is 0.958 bits per heavy atom. The first-order valence-electron chi connectivity index (χ1n) is 8.71. The Kier molecular flexibility index (Phi) is 4.50. The quantitative estimate of drug-likeness (QED) is 0.698. The first-order valence-corrected chi connectivity index (χ1v) is 9.48. The highest BCUT2D eigenvalue weighted by molar-refractivity contribution is 7.13. The van der Waals surface area contributed by atoms with Crippen LogP contribution >= 0.6 is 11.5 Å². The zero-order valence-corrected chi connectivity index (χ0v) is 14.5. The molecule has 3 aromatic rings. The van der Waals surface area contributed by atoms with Crippen LogP contribution in [0, 0.1) is 0 Å². The van der Waals surface area contributed by atoms with Crippen molar-refractivity contribution in [1.29, 1.82) is 0 Å². The van der Waals surface area contributed by atoms with Gasteiger partial charge in [0.15, 0.2) is 0 Å². The zero-order valence-electron chi connectivity index (χ0n) is 13.7. The van der Waals surface area contributed by atoms with E-state index in [9.17, 15) is 4.79 Å². The second kappa shape index (κ2) is 6.91. The summed E-state index contributed by atoms with van der Waals surface area (Å²) >= 11 is 1.59. The lowest BCUT2D eigenvalue weighted by Gasteiger charge is -2.21. The molecule has 0 amide bonds. The maximum atomic E-state index is 12.9. The van der Waals surface area contributed by atoms with Crippen LogP contribution in [-0.4, -0.2) is 28.5 Å². The fraction of sp³-hybridized carbons (Fsp3) is 0.350. The van der Waals surface area contributed by atoms with Crippen molar-refractivity contribution >= 4 is 21.6 Å². The molecule has 4 heteroatoms. The van der Waals surface area contributed by atoms with E-state index in [1.165, 1.54) is 31.5 Å². The number of aromatic nitrogens is 1. The molecule has 0 bridgehead atoms. The second-order valence-corrected chi connectivity index (χ2v) is 7.50. The highest BCUT2D eigenvalue weighted by atomic mass is 32.1. The highest BCUT2D eigenvalue weighted by Gasteiger charge is 2.21. The van der Waals surface area contributed by atoms with Crippen LogP contribution in [-0.2, 0) is 0 Å². The van der Waals surface area contributed by atoms with Gasteiger partial charge in [0.2, 0.25) is 0 Å². The van der Waals surface area contributed by atoms with E-state index in [1.54, 1.807) is 11.5 Å². The van der Waals surface area contributed by atoms with Crippen LogP contribution in [0.2, 0.25) is 0 Å². The third-order valence-electron chi connectivity index (χ3n) is 4.90. The SMILES string of the molecule is O=c1c2ccccc2sn1C(CCN1CCCC1)c1ccccc1. The number of benzene rings is 2. The van der Waals surface area contributed by atoms with E-state index in [-0.39, 0.29) is 11.6 Å². The van der Waals surface area contributed by atoms with Gasteiger partial charge >= 0.3 is 0 Å². The van der Waals surface area contributed by atoms with Crippen LogP contribution in [0.5, 0.6) is 0 Å². The van der Waals surface area contributed by atoms with Crippen molar-refractivity contribution in [2.45, 2.75) is 25.3 Å².